The minimum atomic E-state index is -0.511. The molecular weight excluding hydrogens is 408 g/mol. The van der Waals surface area contributed by atoms with Crippen LogP contribution in [-0.2, 0) is 4.74 Å². The second-order valence-corrected chi connectivity index (χ2v) is 8.71. The van der Waals surface area contributed by atoms with Gasteiger partial charge in [0.1, 0.15) is 5.60 Å². The number of nitrogens with zero attached hydrogens (tertiary/aromatic N) is 1. The van der Waals surface area contributed by atoms with Gasteiger partial charge in [0.2, 0.25) is 0 Å². The van der Waals surface area contributed by atoms with Crippen molar-refractivity contribution >= 4 is 38.7 Å². The van der Waals surface area contributed by atoms with Crippen LogP contribution in [0.5, 0.6) is 0 Å². The molecule has 1 aliphatic rings. The van der Waals surface area contributed by atoms with Crippen LogP contribution >= 0.6 is 15.9 Å². The van der Waals surface area contributed by atoms with E-state index in [0.29, 0.717) is 18.7 Å². The van der Waals surface area contributed by atoms with Gasteiger partial charge < -0.3 is 15.0 Å². The maximum atomic E-state index is 13.1. The minimum Gasteiger partial charge on any atom is -0.444 e. The number of amides is 2. The van der Waals surface area contributed by atoms with Crippen molar-refractivity contribution in [3.63, 3.8) is 0 Å². The first kappa shape index (κ1) is 19.7. The van der Waals surface area contributed by atoms with Crippen LogP contribution in [0.4, 0.5) is 4.79 Å². The summed E-state index contributed by atoms with van der Waals surface area (Å²) in [5, 5.41) is 4.89. The molecule has 5 nitrogen and oxygen atoms in total. The summed E-state index contributed by atoms with van der Waals surface area (Å²) in [4.78, 5) is 26.9. The van der Waals surface area contributed by atoms with Crippen LogP contribution in [0.1, 0.15) is 44.0 Å². The normalized spacial score (nSPS) is 15.6. The second-order valence-electron chi connectivity index (χ2n) is 7.86. The van der Waals surface area contributed by atoms with Crippen LogP contribution in [0.3, 0.4) is 0 Å². The monoisotopic (exact) mass is 432 g/mol. The summed E-state index contributed by atoms with van der Waals surface area (Å²) >= 11 is 3.57. The topological polar surface area (TPSA) is 58.6 Å². The van der Waals surface area contributed by atoms with Gasteiger partial charge in [-0.15, -0.1) is 0 Å². The number of alkyl carbamates (subject to hydrolysis) is 1. The van der Waals surface area contributed by atoms with Crippen molar-refractivity contribution in [1.29, 1.82) is 0 Å². The first-order chi connectivity index (χ1) is 12.7. The van der Waals surface area contributed by atoms with Crippen LogP contribution < -0.4 is 5.32 Å². The molecule has 1 aliphatic heterocycles. The Morgan fingerprint density at radius 3 is 2.37 bits per heavy atom. The predicted octanol–water partition coefficient (Wildman–Crippen LogP) is 4.73. The van der Waals surface area contributed by atoms with Gasteiger partial charge in [0.25, 0.3) is 5.91 Å². The summed E-state index contributed by atoms with van der Waals surface area (Å²) in [7, 11) is 0. The molecule has 1 saturated heterocycles. The molecule has 144 valence electrons. The van der Waals surface area contributed by atoms with E-state index in [-0.39, 0.29) is 11.9 Å². The Balaban J connectivity index is 1.65. The molecule has 1 heterocycles. The zero-order valence-electron chi connectivity index (χ0n) is 15.9. The average molecular weight is 433 g/mol. The van der Waals surface area contributed by atoms with Gasteiger partial charge in [0.15, 0.2) is 0 Å². The summed E-state index contributed by atoms with van der Waals surface area (Å²) in [6.45, 7) is 6.75. The van der Waals surface area contributed by atoms with Crippen molar-refractivity contribution in [3.8, 4) is 0 Å². The number of rotatable bonds is 2. The highest BCUT2D eigenvalue weighted by Gasteiger charge is 2.27. The van der Waals surface area contributed by atoms with Crippen LogP contribution in [0.25, 0.3) is 10.8 Å². The summed E-state index contributed by atoms with van der Waals surface area (Å²) < 4.78 is 6.23. The number of ether oxygens (including phenoxy) is 1. The lowest BCUT2D eigenvalue weighted by Crippen LogP contribution is -2.47. The Bertz CT molecular complexity index is 847. The van der Waals surface area contributed by atoms with Gasteiger partial charge >= 0.3 is 6.09 Å². The van der Waals surface area contributed by atoms with Crippen molar-refractivity contribution in [3.05, 3.63) is 46.4 Å². The second kappa shape index (κ2) is 7.89. The molecular formula is C21H25BrN2O3. The molecule has 0 radical (unpaired) electrons. The van der Waals surface area contributed by atoms with Crippen molar-refractivity contribution < 1.29 is 14.3 Å². The number of nitrogens with one attached hydrogen (secondary N) is 1. The third-order valence-corrected chi connectivity index (χ3v) is 5.25. The van der Waals surface area contributed by atoms with E-state index >= 15 is 0 Å². The van der Waals surface area contributed by atoms with Gasteiger partial charge in [-0.25, -0.2) is 4.79 Å². The Kier molecular flexibility index (Phi) is 5.75. The van der Waals surface area contributed by atoms with Crippen LogP contribution in [0.15, 0.2) is 40.9 Å². The molecule has 0 unspecified atom stereocenters. The molecule has 2 aromatic carbocycles. The van der Waals surface area contributed by atoms with Crippen LogP contribution in [0.2, 0.25) is 0 Å². The standard InChI is InChI=1S/C21H25BrN2O3/c1-21(2,3)27-20(26)23-15-10-12-24(13-11-15)19(25)16-8-4-6-14-7-5-9-17(22)18(14)16/h4-9,15H,10-13H2,1-3H3,(H,23,26). The van der Waals surface area contributed by atoms with Crippen LogP contribution in [0, 0.1) is 0 Å². The first-order valence-corrected chi connectivity index (χ1v) is 10.00. The van der Waals surface area contributed by atoms with Gasteiger partial charge in [0, 0.05) is 34.6 Å². The molecule has 0 saturated carbocycles. The number of carbonyl (C=O) groups is 2. The third-order valence-electron chi connectivity index (χ3n) is 4.59. The highest BCUT2D eigenvalue weighted by molar-refractivity contribution is 9.10. The van der Waals surface area contributed by atoms with E-state index in [9.17, 15) is 9.59 Å². The summed E-state index contributed by atoms with van der Waals surface area (Å²) in [5.41, 5.74) is 0.196. The number of likely N-dealkylation sites (tertiary alicyclic amines) is 1. The molecule has 1 fully saturated rings. The quantitative estimate of drug-likeness (QED) is 0.745. The zero-order chi connectivity index (χ0) is 19.6. The number of fused-ring (bicyclic) bond motifs is 1. The van der Waals surface area contributed by atoms with Crippen molar-refractivity contribution in [2.45, 2.75) is 45.3 Å². The van der Waals surface area contributed by atoms with Gasteiger partial charge in [-0.05, 0) is 51.1 Å². The van der Waals surface area contributed by atoms with E-state index in [4.69, 9.17) is 4.74 Å². The fourth-order valence-corrected chi connectivity index (χ4v) is 3.94. The number of carbonyl (C=O) groups excluding carboxylic acids is 2. The van der Waals surface area contributed by atoms with E-state index in [1.54, 1.807) is 0 Å². The Morgan fingerprint density at radius 2 is 1.74 bits per heavy atom. The maximum absolute atomic E-state index is 13.1. The molecule has 0 aliphatic carbocycles. The fourth-order valence-electron chi connectivity index (χ4n) is 3.34. The SMILES string of the molecule is CC(C)(C)OC(=O)NC1CCN(C(=O)c2cccc3cccc(Br)c23)CC1. The minimum absolute atomic E-state index is 0.0307. The molecule has 0 aromatic heterocycles. The van der Waals surface area contributed by atoms with Crippen molar-refractivity contribution in [1.82, 2.24) is 10.2 Å². The molecule has 0 atom stereocenters. The maximum Gasteiger partial charge on any atom is 0.407 e. The summed E-state index contributed by atoms with van der Waals surface area (Å²) in [5.74, 6) is 0.0308. The largest absolute Gasteiger partial charge is 0.444 e. The summed E-state index contributed by atoms with van der Waals surface area (Å²) in [6, 6.07) is 11.8. The molecule has 6 heteroatoms. The average Bonchev–Trinajstić information content (AvgIpc) is 2.60. The van der Waals surface area contributed by atoms with E-state index in [2.05, 4.69) is 21.2 Å². The number of hydrogen-bond donors (Lipinski definition) is 1. The zero-order valence-corrected chi connectivity index (χ0v) is 17.5. The highest BCUT2D eigenvalue weighted by Crippen LogP contribution is 2.28. The van der Waals surface area contributed by atoms with Crippen molar-refractivity contribution in [2.75, 3.05) is 13.1 Å². The fraction of sp³-hybridized carbons (Fsp3) is 0.429. The molecule has 1 N–H and O–H groups in total. The van der Waals surface area contributed by atoms with E-state index in [1.165, 1.54) is 0 Å². The molecule has 2 aromatic rings. The lowest BCUT2D eigenvalue weighted by atomic mass is 10.0. The number of benzene rings is 2. The van der Waals surface area contributed by atoms with E-state index < -0.39 is 11.7 Å². The lowest BCUT2D eigenvalue weighted by molar-refractivity contribution is 0.0474. The molecule has 27 heavy (non-hydrogen) atoms. The van der Waals surface area contributed by atoms with Crippen molar-refractivity contribution in [2.24, 2.45) is 0 Å². The van der Waals surface area contributed by atoms with Gasteiger partial charge in [-0.3, -0.25) is 4.79 Å². The van der Waals surface area contributed by atoms with Gasteiger partial charge in [-0.1, -0.05) is 40.2 Å². The Morgan fingerprint density at radius 1 is 1.11 bits per heavy atom. The summed E-state index contributed by atoms with van der Waals surface area (Å²) in [6.07, 6.45) is 1.04. The van der Waals surface area contributed by atoms with E-state index in [1.807, 2.05) is 62.1 Å². The lowest BCUT2D eigenvalue weighted by Gasteiger charge is -2.33. The predicted molar refractivity (Wildman–Crippen MR) is 110 cm³/mol. The highest BCUT2D eigenvalue weighted by atomic mass is 79.9. The Hall–Kier alpha value is -2.08. The first-order valence-electron chi connectivity index (χ1n) is 9.20. The van der Waals surface area contributed by atoms with Gasteiger partial charge in [0.05, 0.1) is 0 Å². The number of hydrogen-bond acceptors (Lipinski definition) is 3. The Labute approximate surface area is 168 Å². The number of halogens is 1. The molecule has 0 bridgehead atoms. The number of piperidine rings is 1. The van der Waals surface area contributed by atoms with E-state index in [0.717, 1.165) is 28.1 Å². The molecule has 0 spiro atoms. The third kappa shape index (κ3) is 4.80. The van der Waals surface area contributed by atoms with Gasteiger partial charge in [-0.2, -0.15) is 0 Å². The smallest absolute Gasteiger partial charge is 0.407 e. The molecule has 2 amide bonds. The van der Waals surface area contributed by atoms with Crippen LogP contribution in [-0.4, -0.2) is 41.6 Å². The molecule has 3 rings (SSSR count).